The summed E-state index contributed by atoms with van der Waals surface area (Å²) in [4.78, 5) is 10.5. The van der Waals surface area contributed by atoms with Crippen LogP contribution >= 0.6 is 15.9 Å². The topological polar surface area (TPSA) is 37.3 Å². The number of aromatic hydroxyl groups is 1. The van der Waals surface area contributed by atoms with Crippen LogP contribution in [0.2, 0.25) is 0 Å². The van der Waals surface area contributed by atoms with Crippen LogP contribution in [0.5, 0.6) is 5.75 Å². The Morgan fingerprint density at radius 1 is 1.42 bits per heavy atom. The summed E-state index contributed by atoms with van der Waals surface area (Å²) in [5, 5.41) is 9.48. The number of aryl methyl sites for hydroxylation is 2. The van der Waals surface area contributed by atoms with Crippen molar-refractivity contribution in [3.05, 3.63) is 27.2 Å². The van der Waals surface area contributed by atoms with Crippen molar-refractivity contribution < 1.29 is 9.90 Å². The van der Waals surface area contributed by atoms with Crippen LogP contribution in [0.1, 0.15) is 21.5 Å². The molecule has 0 atom stereocenters. The molecule has 0 amide bonds. The van der Waals surface area contributed by atoms with Crippen molar-refractivity contribution in [3.63, 3.8) is 0 Å². The van der Waals surface area contributed by atoms with Gasteiger partial charge in [0, 0.05) is 0 Å². The zero-order valence-corrected chi connectivity index (χ0v) is 8.47. The van der Waals surface area contributed by atoms with E-state index in [-0.39, 0.29) is 5.75 Å². The summed E-state index contributed by atoms with van der Waals surface area (Å²) in [5.74, 6) is 0.0301. The fourth-order valence-corrected chi connectivity index (χ4v) is 1.43. The lowest BCUT2D eigenvalue weighted by atomic mass is 10.1. The van der Waals surface area contributed by atoms with Gasteiger partial charge in [-0.1, -0.05) is 6.07 Å². The van der Waals surface area contributed by atoms with E-state index in [1.54, 1.807) is 6.92 Å². The van der Waals surface area contributed by atoms with E-state index in [0.29, 0.717) is 16.3 Å². The predicted molar refractivity (Wildman–Crippen MR) is 50.7 cm³/mol. The molecular weight excluding hydrogens is 220 g/mol. The maximum atomic E-state index is 10.5. The Labute approximate surface area is 79.3 Å². The summed E-state index contributed by atoms with van der Waals surface area (Å²) in [6.45, 7) is 3.66. The van der Waals surface area contributed by atoms with E-state index >= 15 is 0 Å². The first-order valence-electron chi connectivity index (χ1n) is 3.51. The zero-order chi connectivity index (χ0) is 9.30. The van der Waals surface area contributed by atoms with Gasteiger partial charge in [-0.05, 0) is 40.9 Å². The smallest absolute Gasteiger partial charge is 0.154 e. The third-order valence-electron chi connectivity index (χ3n) is 1.78. The fourth-order valence-electron chi connectivity index (χ4n) is 1.11. The molecule has 3 heteroatoms. The van der Waals surface area contributed by atoms with Gasteiger partial charge in [-0.2, -0.15) is 0 Å². The number of carbonyl (C=O) groups excluding carboxylic acids is 1. The van der Waals surface area contributed by atoms with E-state index in [2.05, 4.69) is 15.9 Å². The van der Waals surface area contributed by atoms with Crippen molar-refractivity contribution in [2.24, 2.45) is 0 Å². The van der Waals surface area contributed by atoms with Gasteiger partial charge in [0.05, 0.1) is 10.0 Å². The minimum atomic E-state index is 0.0301. The molecule has 0 saturated heterocycles. The highest BCUT2D eigenvalue weighted by atomic mass is 79.9. The molecule has 0 fully saturated rings. The van der Waals surface area contributed by atoms with Crippen LogP contribution in [0.3, 0.4) is 0 Å². The van der Waals surface area contributed by atoms with E-state index in [9.17, 15) is 9.90 Å². The molecule has 0 saturated carbocycles. The minimum Gasteiger partial charge on any atom is -0.506 e. The molecule has 0 radical (unpaired) electrons. The summed E-state index contributed by atoms with van der Waals surface area (Å²) >= 11 is 3.20. The molecule has 0 aromatic heterocycles. The third kappa shape index (κ3) is 1.37. The molecule has 1 rings (SSSR count). The van der Waals surface area contributed by atoms with E-state index < -0.39 is 0 Å². The molecule has 0 unspecified atom stereocenters. The van der Waals surface area contributed by atoms with Crippen molar-refractivity contribution >= 4 is 22.2 Å². The summed E-state index contributed by atoms with van der Waals surface area (Å²) in [7, 11) is 0. The molecule has 0 aliphatic rings. The molecule has 1 N–H and O–H groups in total. The molecule has 2 nitrogen and oxygen atoms in total. The molecular formula is C9H9BrO2. The number of phenolic OH excluding ortho intramolecular Hbond substituents is 1. The van der Waals surface area contributed by atoms with E-state index in [1.807, 2.05) is 13.0 Å². The number of carbonyl (C=O) groups is 1. The summed E-state index contributed by atoms with van der Waals surface area (Å²) in [5.41, 5.74) is 2.08. The Hall–Kier alpha value is -0.830. The monoisotopic (exact) mass is 228 g/mol. The van der Waals surface area contributed by atoms with E-state index in [0.717, 1.165) is 11.1 Å². The Morgan fingerprint density at radius 3 is 2.50 bits per heavy atom. The quantitative estimate of drug-likeness (QED) is 0.751. The number of phenols is 1. The van der Waals surface area contributed by atoms with Gasteiger partial charge in [-0.25, -0.2) is 0 Å². The number of hydrogen-bond acceptors (Lipinski definition) is 2. The van der Waals surface area contributed by atoms with Crippen molar-refractivity contribution in [1.29, 1.82) is 0 Å². The van der Waals surface area contributed by atoms with Crippen molar-refractivity contribution in [2.75, 3.05) is 0 Å². The van der Waals surface area contributed by atoms with Crippen molar-refractivity contribution in [3.8, 4) is 5.75 Å². The molecule has 12 heavy (non-hydrogen) atoms. The van der Waals surface area contributed by atoms with Gasteiger partial charge < -0.3 is 5.11 Å². The first kappa shape index (κ1) is 9.26. The van der Waals surface area contributed by atoms with E-state index in [1.165, 1.54) is 0 Å². The lowest BCUT2D eigenvalue weighted by molar-refractivity contribution is 0.112. The van der Waals surface area contributed by atoms with Gasteiger partial charge >= 0.3 is 0 Å². The van der Waals surface area contributed by atoms with Crippen LogP contribution in [0.15, 0.2) is 10.5 Å². The summed E-state index contributed by atoms with van der Waals surface area (Å²) in [6, 6.07) is 1.85. The number of hydrogen-bond donors (Lipinski definition) is 1. The molecule has 0 spiro atoms. The number of benzene rings is 1. The SMILES string of the molecule is Cc1cc(C)c(C=O)c(O)c1Br. The van der Waals surface area contributed by atoms with Crippen LogP contribution in [0.4, 0.5) is 0 Å². The second kappa shape index (κ2) is 3.27. The zero-order valence-electron chi connectivity index (χ0n) is 6.89. The molecule has 0 aliphatic heterocycles. The Balaban J connectivity index is 3.51. The standard InChI is InChI=1S/C9H9BrO2/c1-5-3-6(2)8(10)9(12)7(5)4-11/h3-4,12H,1-2H3. The van der Waals surface area contributed by atoms with Crippen molar-refractivity contribution in [1.82, 2.24) is 0 Å². The maximum absolute atomic E-state index is 10.5. The number of rotatable bonds is 1. The molecule has 64 valence electrons. The van der Waals surface area contributed by atoms with Crippen LogP contribution in [-0.4, -0.2) is 11.4 Å². The molecule has 0 aliphatic carbocycles. The highest BCUT2D eigenvalue weighted by Gasteiger charge is 2.10. The average Bonchev–Trinajstić information content (AvgIpc) is 2.01. The first-order chi connectivity index (χ1) is 5.57. The summed E-state index contributed by atoms with van der Waals surface area (Å²) < 4.78 is 0.593. The Morgan fingerprint density at radius 2 is 2.00 bits per heavy atom. The van der Waals surface area contributed by atoms with Crippen LogP contribution in [0.25, 0.3) is 0 Å². The fraction of sp³-hybridized carbons (Fsp3) is 0.222. The normalized spacial score (nSPS) is 9.92. The summed E-state index contributed by atoms with van der Waals surface area (Å²) in [6.07, 6.45) is 0.662. The average molecular weight is 229 g/mol. The van der Waals surface area contributed by atoms with Gasteiger partial charge in [0.25, 0.3) is 0 Å². The maximum Gasteiger partial charge on any atom is 0.154 e. The van der Waals surface area contributed by atoms with Gasteiger partial charge in [0.15, 0.2) is 6.29 Å². The van der Waals surface area contributed by atoms with Crippen molar-refractivity contribution in [2.45, 2.75) is 13.8 Å². The highest BCUT2D eigenvalue weighted by molar-refractivity contribution is 9.10. The van der Waals surface area contributed by atoms with Gasteiger partial charge in [-0.15, -0.1) is 0 Å². The molecule has 0 heterocycles. The van der Waals surface area contributed by atoms with Crippen LogP contribution in [0, 0.1) is 13.8 Å². The number of aldehydes is 1. The Kier molecular flexibility index (Phi) is 2.52. The Bertz CT molecular complexity index is 332. The van der Waals surface area contributed by atoms with Crippen LogP contribution < -0.4 is 0 Å². The van der Waals surface area contributed by atoms with Gasteiger partial charge in [0.1, 0.15) is 5.75 Å². The molecule has 0 bridgehead atoms. The predicted octanol–water partition coefficient (Wildman–Crippen LogP) is 2.58. The lowest BCUT2D eigenvalue weighted by Gasteiger charge is -2.06. The minimum absolute atomic E-state index is 0.0301. The lowest BCUT2D eigenvalue weighted by Crippen LogP contribution is -1.90. The second-order valence-electron chi connectivity index (χ2n) is 2.70. The molecule has 1 aromatic carbocycles. The van der Waals surface area contributed by atoms with Gasteiger partial charge in [0.2, 0.25) is 0 Å². The number of halogens is 1. The third-order valence-corrected chi connectivity index (χ3v) is 2.79. The van der Waals surface area contributed by atoms with E-state index in [4.69, 9.17) is 0 Å². The van der Waals surface area contributed by atoms with Gasteiger partial charge in [-0.3, -0.25) is 4.79 Å². The molecule has 1 aromatic rings. The second-order valence-corrected chi connectivity index (χ2v) is 3.50. The van der Waals surface area contributed by atoms with Crippen LogP contribution in [-0.2, 0) is 0 Å². The largest absolute Gasteiger partial charge is 0.506 e. The highest BCUT2D eigenvalue weighted by Crippen LogP contribution is 2.32. The first-order valence-corrected chi connectivity index (χ1v) is 4.31.